The molecule has 0 fully saturated rings. The molecule has 2 aromatic rings. The molecule has 1 aromatic carbocycles. The van der Waals surface area contributed by atoms with Gasteiger partial charge in [0.05, 0.1) is 0 Å². The van der Waals surface area contributed by atoms with Crippen LogP contribution in [-0.2, 0) is 19.3 Å². The van der Waals surface area contributed by atoms with Crippen LogP contribution in [0.2, 0.25) is 0 Å². The zero-order valence-corrected chi connectivity index (χ0v) is 12.3. The van der Waals surface area contributed by atoms with Crippen LogP contribution in [0.5, 0.6) is 0 Å². The minimum Gasteiger partial charge on any atom is -0.293 e. The van der Waals surface area contributed by atoms with Gasteiger partial charge in [-0.15, -0.1) is 11.3 Å². The molecule has 0 amide bonds. The summed E-state index contributed by atoms with van der Waals surface area (Å²) in [4.78, 5) is 14.3. The van der Waals surface area contributed by atoms with Crippen molar-refractivity contribution in [2.75, 3.05) is 0 Å². The number of Topliss-reactive ketones (excluding diaryl/α,β-unsaturated/α-hetero) is 1. The van der Waals surface area contributed by atoms with Gasteiger partial charge in [-0.25, -0.2) is 0 Å². The molecular formula is C18H18OS. The molecule has 1 unspecified atom stereocenters. The van der Waals surface area contributed by atoms with E-state index in [9.17, 15) is 4.79 Å². The first-order valence-electron chi connectivity index (χ1n) is 7.55. The van der Waals surface area contributed by atoms with Gasteiger partial charge in [0, 0.05) is 16.4 Å². The molecule has 20 heavy (non-hydrogen) atoms. The molecule has 0 saturated heterocycles. The van der Waals surface area contributed by atoms with E-state index in [0.717, 1.165) is 31.2 Å². The summed E-state index contributed by atoms with van der Waals surface area (Å²) in [7, 11) is 0. The molecule has 2 aliphatic rings. The fraction of sp³-hybridized carbons (Fsp3) is 0.389. The highest BCUT2D eigenvalue weighted by molar-refractivity contribution is 7.10. The Morgan fingerprint density at radius 2 is 1.95 bits per heavy atom. The normalized spacial score (nSPS) is 20.5. The van der Waals surface area contributed by atoms with Crippen LogP contribution in [0.1, 0.15) is 57.1 Å². The summed E-state index contributed by atoms with van der Waals surface area (Å²) in [5.41, 5.74) is 5.07. The van der Waals surface area contributed by atoms with Gasteiger partial charge in [-0.2, -0.15) is 0 Å². The molecular weight excluding hydrogens is 264 g/mol. The molecule has 1 atom stereocenters. The van der Waals surface area contributed by atoms with Crippen LogP contribution in [0.3, 0.4) is 0 Å². The highest BCUT2D eigenvalue weighted by atomic mass is 32.1. The number of fused-ring (bicyclic) bond motifs is 2. The predicted octanol–water partition coefficient (Wildman–Crippen LogP) is 4.54. The molecule has 1 aromatic heterocycles. The molecule has 0 N–H and O–H groups in total. The largest absolute Gasteiger partial charge is 0.293 e. The molecule has 1 nitrogen and oxygen atoms in total. The van der Waals surface area contributed by atoms with Crippen LogP contribution in [-0.4, -0.2) is 5.78 Å². The summed E-state index contributed by atoms with van der Waals surface area (Å²) in [6, 6.07) is 8.54. The summed E-state index contributed by atoms with van der Waals surface area (Å²) in [5, 5.41) is 2.14. The van der Waals surface area contributed by atoms with E-state index in [1.807, 2.05) is 17.4 Å². The smallest absolute Gasteiger partial charge is 0.170 e. The number of ketones is 1. The molecule has 0 saturated carbocycles. The summed E-state index contributed by atoms with van der Waals surface area (Å²) in [6.45, 7) is 0. The van der Waals surface area contributed by atoms with Gasteiger partial charge < -0.3 is 0 Å². The van der Waals surface area contributed by atoms with Crippen molar-refractivity contribution in [3.05, 3.63) is 56.8 Å². The van der Waals surface area contributed by atoms with Crippen molar-refractivity contribution < 1.29 is 4.79 Å². The van der Waals surface area contributed by atoms with E-state index in [1.165, 1.54) is 34.4 Å². The van der Waals surface area contributed by atoms with Crippen molar-refractivity contribution in [3.8, 4) is 0 Å². The summed E-state index contributed by atoms with van der Waals surface area (Å²) in [5.74, 6) is 0.434. The lowest BCUT2D eigenvalue weighted by molar-refractivity contribution is 0.0951. The second kappa shape index (κ2) is 4.85. The van der Waals surface area contributed by atoms with Crippen LogP contribution in [0.15, 0.2) is 29.6 Å². The van der Waals surface area contributed by atoms with Crippen molar-refractivity contribution in [3.63, 3.8) is 0 Å². The average molecular weight is 282 g/mol. The van der Waals surface area contributed by atoms with Crippen LogP contribution in [0, 0.1) is 0 Å². The number of aryl methyl sites for hydroxylation is 3. The maximum atomic E-state index is 12.9. The Balaban J connectivity index is 1.69. The molecule has 4 rings (SSSR count). The van der Waals surface area contributed by atoms with Gasteiger partial charge >= 0.3 is 0 Å². The predicted molar refractivity (Wildman–Crippen MR) is 82.8 cm³/mol. The maximum Gasteiger partial charge on any atom is 0.170 e. The third-order valence-electron chi connectivity index (χ3n) is 4.75. The maximum absolute atomic E-state index is 12.9. The van der Waals surface area contributed by atoms with Gasteiger partial charge in [-0.05, 0) is 72.7 Å². The van der Waals surface area contributed by atoms with E-state index < -0.39 is 0 Å². The first-order chi connectivity index (χ1) is 9.83. The van der Waals surface area contributed by atoms with E-state index in [0.29, 0.717) is 5.78 Å². The number of hydrogen-bond acceptors (Lipinski definition) is 2. The molecule has 0 bridgehead atoms. The topological polar surface area (TPSA) is 17.1 Å². The van der Waals surface area contributed by atoms with Crippen molar-refractivity contribution in [1.29, 1.82) is 0 Å². The monoisotopic (exact) mass is 282 g/mol. The first kappa shape index (κ1) is 12.3. The third kappa shape index (κ3) is 1.94. The lowest BCUT2D eigenvalue weighted by atomic mass is 9.82. The van der Waals surface area contributed by atoms with Crippen molar-refractivity contribution in [2.24, 2.45) is 0 Å². The van der Waals surface area contributed by atoms with Crippen LogP contribution >= 0.6 is 11.3 Å². The van der Waals surface area contributed by atoms with Gasteiger partial charge in [0.2, 0.25) is 0 Å². The number of carbonyl (C=O) groups is 1. The van der Waals surface area contributed by atoms with Crippen LogP contribution < -0.4 is 0 Å². The first-order valence-corrected chi connectivity index (χ1v) is 8.43. The molecule has 102 valence electrons. The van der Waals surface area contributed by atoms with E-state index in [1.54, 1.807) is 0 Å². The van der Waals surface area contributed by atoms with E-state index in [-0.39, 0.29) is 5.92 Å². The Kier molecular flexibility index (Phi) is 2.99. The number of carbonyl (C=O) groups excluding carboxylic acids is 1. The SMILES string of the molecule is O=C(c1ccc2c(c1)CCC2)C1CCCc2sccc21. The van der Waals surface area contributed by atoms with Gasteiger partial charge in [0.1, 0.15) is 0 Å². The van der Waals surface area contributed by atoms with Crippen molar-refractivity contribution in [2.45, 2.75) is 44.4 Å². The summed E-state index contributed by atoms with van der Waals surface area (Å²) < 4.78 is 0. The second-order valence-corrected chi connectivity index (χ2v) is 6.95. The van der Waals surface area contributed by atoms with Crippen molar-refractivity contribution in [1.82, 2.24) is 0 Å². The molecule has 0 aliphatic heterocycles. The summed E-state index contributed by atoms with van der Waals surface area (Å²) in [6.07, 6.45) is 6.88. The Bertz CT molecular complexity index is 668. The fourth-order valence-electron chi connectivity index (χ4n) is 3.69. The lowest BCUT2D eigenvalue weighted by Crippen LogP contribution is -2.17. The quantitative estimate of drug-likeness (QED) is 0.739. The minimum absolute atomic E-state index is 0.101. The zero-order valence-electron chi connectivity index (χ0n) is 11.5. The average Bonchev–Trinajstić information content (AvgIpc) is 3.13. The Hall–Kier alpha value is -1.41. The molecule has 2 heteroatoms. The standard InChI is InChI=1S/C18H18OS/c19-18(14-8-7-12-3-1-4-13(12)11-14)16-5-2-6-17-15(16)9-10-20-17/h7-11,16H,1-6H2. The molecule has 1 heterocycles. The highest BCUT2D eigenvalue weighted by Gasteiger charge is 2.28. The number of hydrogen-bond donors (Lipinski definition) is 0. The lowest BCUT2D eigenvalue weighted by Gasteiger charge is -2.21. The summed E-state index contributed by atoms with van der Waals surface area (Å²) >= 11 is 1.81. The van der Waals surface area contributed by atoms with Crippen molar-refractivity contribution >= 4 is 17.1 Å². The highest BCUT2D eigenvalue weighted by Crippen LogP contribution is 2.37. The fourth-order valence-corrected chi connectivity index (χ4v) is 4.67. The molecule has 2 aliphatic carbocycles. The minimum atomic E-state index is 0.101. The van der Waals surface area contributed by atoms with E-state index in [2.05, 4.69) is 23.6 Å². The number of thiophene rings is 1. The second-order valence-electron chi connectivity index (χ2n) is 5.95. The Labute approximate surface area is 123 Å². The molecule has 0 radical (unpaired) electrons. The Morgan fingerprint density at radius 3 is 2.90 bits per heavy atom. The number of benzene rings is 1. The van der Waals surface area contributed by atoms with Gasteiger partial charge in [-0.1, -0.05) is 12.1 Å². The van der Waals surface area contributed by atoms with Gasteiger partial charge in [-0.3, -0.25) is 4.79 Å². The van der Waals surface area contributed by atoms with Gasteiger partial charge in [0.25, 0.3) is 0 Å². The van der Waals surface area contributed by atoms with Crippen LogP contribution in [0.25, 0.3) is 0 Å². The number of rotatable bonds is 2. The van der Waals surface area contributed by atoms with E-state index in [4.69, 9.17) is 0 Å². The van der Waals surface area contributed by atoms with Crippen LogP contribution in [0.4, 0.5) is 0 Å². The van der Waals surface area contributed by atoms with Gasteiger partial charge in [0.15, 0.2) is 5.78 Å². The third-order valence-corrected chi connectivity index (χ3v) is 5.75. The zero-order chi connectivity index (χ0) is 13.5. The van der Waals surface area contributed by atoms with E-state index >= 15 is 0 Å². The molecule has 0 spiro atoms. The Morgan fingerprint density at radius 1 is 1.05 bits per heavy atom.